The van der Waals surface area contributed by atoms with Crippen molar-refractivity contribution in [2.24, 2.45) is 0 Å². The lowest BCUT2D eigenvalue weighted by molar-refractivity contribution is -0.140. The molecule has 0 bridgehead atoms. The molecule has 1 aliphatic heterocycles. The summed E-state index contributed by atoms with van der Waals surface area (Å²) in [7, 11) is 1.54. The highest BCUT2D eigenvalue weighted by molar-refractivity contribution is 6.46. The van der Waals surface area contributed by atoms with Gasteiger partial charge in [-0.05, 0) is 48.4 Å². The van der Waals surface area contributed by atoms with Crippen LogP contribution in [0.25, 0.3) is 16.5 Å². The van der Waals surface area contributed by atoms with Gasteiger partial charge in [0.25, 0.3) is 11.7 Å². The molecule has 1 fully saturated rings. The second kappa shape index (κ2) is 9.46. The van der Waals surface area contributed by atoms with Crippen LogP contribution in [0.3, 0.4) is 0 Å². The van der Waals surface area contributed by atoms with E-state index in [4.69, 9.17) is 9.47 Å². The van der Waals surface area contributed by atoms with Crippen LogP contribution in [0.2, 0.25) is 0 Å². The lowest BCUT2D eigenvalue weighted by atomic mass is 9.94. The fraction of sp³-hybridized carbons (Fsp3) is 0.259. The highest BCUT2D eigenvalue weighted by Crippen LogP contribution is 2.40. The number of aliphatic hydroxyl groups excluding tert-OH is 1. The summed E-state index contributed by atoms with van der Waals surface area (Å²) in [6.45, 7) is 4.34. The molecule has 1 amide bonds. The van der Waals surface area contributed by atoms with Gasteiger partial charge < -0.3 is 19.5 Å². The Morgan fingerprint density at radius 2 is 1.76 bits per heavy atom. The number of carbonyl (C=O) groups excluding carboxylic acids is 2. The number of nitrogens with zero attached hydrogens (tertiary/aromatic N) is 1. The SMILES string of the molecule is COCCN1C(=O)C(=O)/C(=C(\O)c2ccc3ccccc3c2)C1c1cccc(OC(C)C)c1. The van der Waals surface area contributed by atoms with Crippen molar-refractivity contribution in [1.82, 2.24) is 4.90 Å². The van der Waals surface area contributed by atoms with Gasteiger partial charge in [0, 0.05) is 19.2 Å². The van der Waals surface area contributed by atoms with Crippen LogP contribution in [0.5, 0.6) is 5.75 Å². The minimum atomic E-state index is -0.748. The third-order valence-corrected chi connectivity index (χ3v) is 5.64. The summed E-state index contributed by atoms with van der Waals surface area (Å²) in [5.74, 6) is -0.934. The van der Waals surface area contributed by atoms with Crippen molar-refractivity contribution >= 4 is 28.2 Å². The monoisotopic (exact) mass is 445 g/mol. The Hall–Kier alpha value is -3.64. The Balaban J connectivity index is 1.86. The molecule has 1 N–H and O–H groups in total. The first kappa shape index (κ1) is 22.6. The molecule has 1 heterocycles. The fourth-order valence-corrected chi connectivity index (χ4v) is 4.17. The van der Waals surface area contributed by atoms with Gasteiger partial charge in [0.05, 0.1) is 24.3 Å². The normalized spacial score (nSPS) is 17.8. The largest absolute Gasteiger partial charge is 0.507 e. The summed E-state index contributed by atoms with van der Waals surface area (Å²) in [6.07, 6.45) is -0.0299. The fourth-order valence-electron chi connectivity index (χ4n) is 4.17. The number of ether oxygens (including phenoxy) is 2. The molecule has 33 heavy (non-hydrogen) atoms. The number of hydrogen-bond acceptors (Lipinski definition) is 5. The minimum Gasteiger partial charge on any atom is -0.507 e. The van der Waals surface area contributed by atoms with Gasteiger partial charge in [0.15, 0.2) is 0 Å². The van der Waals surface area contributed by atoms with Crippen molar-refractivity contribution in [3.05, 3.63) is 83.4 Å². The van der Waals surface area contributed by atoms with Crippen molar-refractivity contribution < 1.29 is 24.2 Å². The van der Waals surface area contributed by atoms with Crippen LogP contribution in [0.15, 0.2) is 72.3 Å². The van der Waals surface area contributed by atoms with E-state index in [1.54, 1.807) is 6.07 Å². The number of rotatable bonds is 7. The number of likely N-dealkylation sites (tertiary alicyclic amines) is 1. The molecular weight excluding hydrogens is 418 g/mol. The van der Waals surface area contributed by atoms with Crippen LogP contribution < -0.4 is 4.74 Å². The average Bonchev–Trinajstić information content (AvgIpc) is 3.06. The molecule has 4 rings (SSSR count). The molecule has 6 heteroatoms. The van der Waals surface area contributed by atoms with Crippen LogP contribution in [0, 0.1) is 0 Å². The second-order valence-electron chi connectivity index (χ2n) is 8.29. The molecule has 0 spiro atoms. The van der Waals surface area contributed by atoms with Gasteiger partial charge in [-0.15, -0.1) is 0 Å². The summed E-state index contributed by atoms with van der Waals surface area (Å²) in [5, 5.41) is 13.2. The molecule has 0 aromatic heterocycles. The van der Waals surface area contributed by atoms with E-state index in [0.717, 1.165) is 10.8 Å². The van der Waals surface area contributed by atoms with Crippen molar-refractivity contribution in [3.63, 3.8) is 0 Å². The third kappa shape index (κ3) is 4.47. The Kier molecular flexibility index (Phi) is 6.47. The maximum absolute atomic E-state index is 13.1. The van der Waals surface area contributed by atoms with E-state index < -0.39 is 17.7 Å². The molecule has 6 nitrogen and oxygen atoms in total. The molecule has 0 aliphatic carbocycles. The van der Waals surface area contributed by atoms with E-state index in [1.807, 2.05) is 74.5 Å². The number of benzene rings is 3. The lowest BCUT2D eigenvalue weighted by Gasteiger charge is -2.25. The summed E-state index contributed by atoms with van der Waals surface area (Å²) >= 11 is 0. The standard InChI is InChI=1S/C27H27NO5/c1-17(2)33-22-10-6-9-20(16-22)24-23(26(30)27(31)28(24)13-14-32-3)25(29)21-12-11-18-7-4-5-8-19(18)15-21/h4-12,15-17,24,29H,13-14H2,1-3H3/b25-23-. The summed E-state index contributed by atoms with van der Waals surface area (Å²) < 4.78 is 11.0. The maximum atomic E-state index is 13.1. The molecule has 170 valence electrons. The zero-order valence-corrected chi connectivity index (χ0v) is 18.9. The van der Waals surface area contributed by atoms with Crippen molar-refractivity contribution in [2.75, 3.05) is 20.3 Å². The topological polar surface area (TPSA) is 76.1 Å². The number of amides is 1. The molecule has 3 aromatic rings. The molecule has 1 atom stereocenters. The molecule has 1 aliphatic rings. The Bertz CT molecular complexity index is 1230. The number of Topliss-reactive ketones (excluding diaryl/α,β-unsaturated/α-hetero) is 1. The van der Waals surface area contributed by atoms with E-state index >= 15 is 0 Å². The first-order valence-corrected chi connectivity index (χ1v) is 10.9. The quantitative estimate of drug-likeness (QED) is 0.324. The van der Waals surface area contributed by atoms with E-state index in [2.05, 4.69) is 0 Å². The average molecular weight is 446 g/mol. The maximum Gasteiger partial charge on any atom is 0.295 e. The molecule has 1 unspecified atom stereocenters. The summed E-state index contributed by atoms with van der Waals surface area (Å²) in [4.78, 5) is 27.5. The number of fused-ring (bicyclic) bond motifs is 1. The molecule has 0 saturated carbocycles. The van der Waals surface area contributed by atoms with Crippen LogP contribution in [-0.4, -0.2) is 48.1 Å². The highest BCUT2D eigenvalue weighted by Gasteiger charge is 2.46. The van der Waals surface area contributed by atoms with Crippen LogP contribution >= 0.6 is 0 Å². The predicted octanol–water partition coefficient (Wildman–Crippen LogP) is 4.70. The Morgan fingerprint density at radius 3 is 2.48 bits per heavy atom. The molecule has 3 aromatic carbocycles. The van der Waals surface area contributed by atoms with Crippen molar-refractivity contribution in [1.29, 1.82) is 0 Å². The highest BCUT2D eigenvalue weighted by atomic mass is 16.5. The predicted molar refractivity (Wildman–Crippen MR) is 127 cm³/mol. The summed E-state index contributed by atoms with van der Waals surface area (Å²) in [5.41, 5.74) is 1.23. The Labute approximate surface area is 193 Å². The van der Waals surface area contributed by atoms with Gasteiger partial charge in [-0.3, -0.25) is 9.59 Å². The second-order valence-corrected chi connectivity index (χ2v) is 8.29. The van der Waals surface area contributed by atoms with Crippen molar-refractivity contribution in [2.45, 2.75) is 26.0 Å². The van der Waals surface area contributed by atoms with Gasteiger partial charge in [-0.2, -0.15) is 0 Å². The lowest BCUT2D eigenvalue weighted by Crippen LogP contribution is -2.32. The Morgan fingerprint density at radius 1 is 1.00 bits per heavy atom. The first-order valence-electron chi connectivity index (χ1n) is 10.9. The van der Waals surface area contributed by atoms with E-state index in [-0.39, 0.29) is 30.6 Å². The van der Waals surface area contributed by atoms with Gasteiger partial charge in [-0.25, -0.2) is 0 Å². The molecule has 0 radical (unpaired) electrons. The van der Waals surface area contributed by atoms with E-state index in [0.29, 0.717) is 16.9 Å². The van der Waals surface area contributed by atoms with Crippen molar-refractivity contribution in [3.8, 4) is 5.75 Å². The van der Waals surface area contributed by atoms with Gasteiger partial charge in [0.1, 0.15) is 11.5 Å². The first-order chi connectivity index (χ1) is 15.9. The number of carbonyl (C=O) groups is 2. The number of aliphatic hydroxyl groups is 1. The zero-order valence-electron chi connectivity index (χ0n) is 18.9. The number of ketones is 1. The smallest absolute Gasteiger partial charge is 0.295 e. The third-order valence-electron chi connectivity index (χ3n) is 5.64. The van der Waals surface area contributed by atoms with E-state index in [9.17, 15) is 14.7 Å². The van der Waals surface area contributed by atoms with Gasteiger partial charge in [-0.1, -0.05) is 48.5 Å². The van der Waals surface area contributed by atoms with Crippen LogP contribution in [0.1, 0.15) is 31.0 Å². The molecular formula is C27H27NO5. The zero-order chi connectivity index (χ0) is 23.5. The number of hydrogen-bond donors (Lipinski definition) is 1. The van der Waals surface area contributed by atoms with Gasteiger partial charge >= 0.3 is 0 Å². The van der Waals surface area contributed by atoms with Crippen LogP contribution in [0.4, 0.5) is 0 Å². The minimum absolute atomic E-state index is 0.0299. The van der Waals surface area contributed by atoms with Gasteiger partial charge in [0.2, 0.25) is 0 Å². The molecule has 1 saturated heterocycles. The summed E-state index contributed by atoms with van der Waals surface area (Å²) in [6, 6.07) is 19.8. The van der Waals surface area contributed by atoms with Crippen LogP contribution in [-0.2, 0) is 14.3 Å². The van der Waals surface area contributed by atoms with E-state index in [1.165, 1.54) is 12.0 Å². The number of methoxy groups -OCH3 is 1.